The van der Waals surface area contributed by atoms with Crippen molar-refractivity contribution >= 4 is 22.8 Å². The molecule has 2 heterocycles. The van der Waals surface area contributed by atoms with Gasteiger partial charge in [-0.1, -0.05) is 36.7 Å². The van der Waals surface area contributed by atoms with Crippen LogP contribution in [0.3, 0.4) is 0 Å². The van der Waals surface area contributed by atoms with Crippen molar-refractivity contribution in [1.29, 1.82) is 0 Å². The lowest BCUT2D eigenvalue weighted by atomic mass is 9.94. The van der Waals surface area contributed by atoms with Gasteiger partial charge in [-0.15, -0.1) is 0 Å². The van der Waals surface area contributed by atoms with E-state index >= 15 is 0 Å². The summed E-state index contributed by atoms with van der Waals surface area (Å²) in [5, 5.41) is 24.7. The van der Waals surface area contributed by atoms with E-state index in [9.17, 15) is 14.7 Å². The smallest absolute Gasteiger partial charge is 0.272 e. The summed E-state index contributed by atoms with van der Waals surface area (Å²) in [5.41, 5.74) is 5.34. The number of aromatic amines is 1. The molecule has 174 valence electrons. The fourth-order valence-electron chi connectivity index (χ4n) is 4.07. The van der Waals surface area contributed by atoms with Gasteiger partial charge in [0.1, 0.15) is 5.75 Å². The summed E-state index contributed by atoms with van der Waals surface area (Å²) in [7, 11) is 0. The molecule has 2 aromatic heterocycles. The number of fused-ring (bicyclic) bond motifs is 3. The first-order valence-corrected chi connectivity index (χ1v) is 12.3. The van der Waals surface area contributed by atoms with Gasteiger partial charge in [-0.05, 0) is 43.4 Å². The molecule has 0 fully saturated rings. The largest absolute Gasteiger partial charge is 0.508 e. The quantitative estimate of drug-likeness (QED) is 0.392. The van der Waals surface area contributed by atoms with Gasteiger partial charge in [0.05, 0.1) is 17.9 Å². The van der Waals surface area contributed by atoms with E-state index in [1.54, 1.807) is 19.1 Å². The Morgan fingerprint density at radius 2 is 1.94 bits per heavy atom. The number of hydrogen-bond acceptors (Lipinski definition) is 6. The number of hydrogen-bond donors (Lipinski definition) is 3. The number of carbonyl (C=O) groups is 2. The Balaban J connectivity index is 1.31. The minimum atomic E-state index is -0.139. The summed E-state index contributed by atoms with van der Waals surface area (Å²) in [6, 6.07) is 7.10. The number of aromatic nitrogens is 4. The van der Waals surface area contributed by atoms with Gasteiger partial charge >= 0.3 is 0 Å². The fourth-order valence-corrected chi connectivity index (χ4v) is 4.70. The number of rotatable bonds is 10. The number of aryl methyl sites for hydroxylation is 1. The van der Waals surface area contributed by atoms with Crippen molar-refractivity contribution in [3.05, 3.63) is 53.0 Å². The Labute approximate surface area is 197 Å². The molecule has 9 heteroatoms. The monoisotopic (exact) mass is 467 g/mol. The molecule has 0 bridgehead atoms. The lowest BCUT2D eigenvalue weighted by Crippen LogP contribution is -2.26. The van der Waals surface area contributed by atoms with E-state index < -0.39 is 0 Å². The highest BCUT2D eigenvalue weighted by Crippen LogP contribution is 2.33. The van der Waals surface area contributed by atoms with Gasteiger partial charge in [-0.25, -0.2) is 0 Å². The van der Waals surface area contributed by atoms with E-state index in [0.717, 1.165) is 72.4 Å². The van der Waals surface area contributed by atoms with Gasteiger partial charge < -0.3 is 10.4 Å². The molecule has 0 atom stereocenters. The SMILES string of the molecule is CC(=O)SCCCCCCNC(=O)c1n[nH]c2c1CCc1nn(Cc3ccc(O)cc3)cc1-2. The summed E-state index contributed by atoms with van der Waals surface area (Å²) < 4.78 is 1.89. The van der Waals surface area contributed by atoms with Crippen LogP contribution in [0.4, 0.5) is 0 Å². The average Bonchev–Trinajstić information content (AvgIpc) is 3.40. The third-order valence-electron chi connectivity index (χ3n) is 5.74. The maximum absolute atomic E-state index is 12.7. The van der Waals surface area contributed by atoms with Gasteiger partial charge in [0.2, 0.25) is 0 Å². The number of phenolic OH excluding ortho intramolecular Hbond substituents is 1. The zero-order valence-corrected chi connectivity index (χ0v) is 19.6. The van der Waals surface area contributed by atoms with Crippen molar-refractivity contribution in [3.8, 4) is 17.0 Å². The van der Waals surface area contributed by atoms with E-state index in [-0.39, 0.29) is 16.8 Å². The first kappa shape index (κ1) is 23.1. The van der Waals surface area contributed by atoms with Crippen LogP contribution < -0.4 is 5.32 Å². The van der Waals surface area contributed by atoms with Crippen LogP contribution in [-0.2, 0) is 24.2 Å². The molecule has 0 unspecified atom stereocenters. The molecule has 0 spiro atoms. The summed E-state index contributed by atoms with van der Waals surface area (Å²) in [5.74, 6) is 0.976. The fraction of sp³-hybridized carbons (Fsp3) is 0.417. The number of nitrogens with zero attached hydrogens (tertiary/aromatic N) is 3. The van der Waals surface area contributed by atoms with Gasteiger partial charge in [0, 0.05) is 36.5 Å². The third-order valence-corrected chi connectivity index (χ3v) is 6.64. The maximum Gasteiger partial charge on any atom is 0.272 e. The molecule has 0 aliphatic heterocycles. The van der Waals surface area contributed by atoms with Crippen molar-refractivity contribution in [2.45, 2.75) is 52.0 Å². The summed E-state index contributed by atoms with van der Waals surface area (Å²) >= 11 is 1.37. The average molecular weight is 468 g/mol. The van der Waals surface area contributed by atoms with Crippen LogP contribution >= 0.6 is 11.8 Å². The van der Waals surface area contributed by atoms with Crippen LogP contribution in [0.15, 0.2) is 30.5 Å². The van der Waals surface area contributed by atoms with Crippen LogP contribution in [0, 0.1) is 0 Å². The molecule has 1 aliphatic carbocycles. The number of carbonyl (C=O) groups excluding carboxylic acids is 2. The second-order valence-corrected chi connectivity index (χ2v) is 9.56. The standard InChI is InChI=1S/C24H29N5O3S/c1-16(30)33-13-5-3-2-4-12-25-24(32)23-19-10-11-21-20(22(19)26-27-23)15-29(28-21)14-17-6-8-18(31)9-7-17/h6-9,15,31H,2-5,10-14H2,1H3,(H,25,32)(H,26,27). The van der Waals surface area contributed by atoms with Crippen LogP contribution in [-0.4, -0.2) is 48.4 Å². The van der Waals surface area contributed by atoms with Crippen LogP contribution in [0.5, 0.6) is 5.75 Å². The van der Waals surface area contributed by atoms with Crippen molar-refractivity contribution in [2.75, 3.05) is 12.3 Å². The minimum absolute atomic E-state index is 0.139. The second-order valence-electron chi connectivity index (χ2n) is 8.29. The highest BCUT2D eigenvalue weighted by atomic mass is 32.2. The number of thioether (sulfide) groups is 1. The first-order valence-electron chi connectivity index (χ1n) is 11.3. The van der Waals surface area contributed by atoms with Gasteiger partial charge in [-0.2, -0.15) is 10.2 Å². The van der Waals surface area contributed by atoms with E-state index in [0.29, 0.717) is 18.8 Å². The van der Waals surface area contributed by atoms with Gasteiger partial charge in [0.25, 0.3) is 5.91 Å². The molecule has 1 aliphatic rings. The van der Waals surface area contributed by atoms with Crippen LogP contribution in [0.2, 0.25) is 0 Å². The Kier molecular flexibility index (Phi) is 7.49. The minimum Gasteiger partial charge on any atom is -0.508 e. The van der Waals surface area contributed by atoms with Crippen molar-refractivity contribution in [3.63, 3.8) is 0 Å². The molecular weight excluding hydrogens is 438 g/mol. The Morgan fingerprint density at radius 3 is 2.73 bits per heavy atom. The lowest BCUT2D eigenvalue weighted by molar-refractivity contribution is -0.109. The van der Waals surface area contributed by atoms with Gasteiger partial charge in [0.15, 0.2) is 10.8 Å². The first-order chi connectivity index (χ1) is 16.0. The topological polar surface area (TPSA) is 113 Å². The number of H-pyrrole nitrogens is 1. The molecule has 1 aromatic carbocycles. The van der Waals surface area contributed by atoms with Crippen molar-refractivity contribution in [2.24, 2.45) is 0 Å². The van der Waals surface area contributed by atoms with Crippen molar-refractivity contribution < 1.29 is 14.7 Å². The molecule has 0 radical (unpaired) electrons. The number of phenols is 1. The number of aromatic hydroxyl groups is 1. The maximum atomic E-state index is 12.7. The number of benzene rings is 1. The molecule has 33 heavy (non-hydrogen) atoms. The zero-order valence-electron chi connectivity index (χ0n) is 18.8. The molecule has 3 N–H and O–H groups in total. The number of unbranched alkanes of at least 4 members (excludes halogenated alkanes) is 3. The van der Waals surface area contributed by atoms with Crippen molar-refractivity contribution in [1.82, 2.24) is 25.3 Å². The molecule has 0 saturated heterocycles. The summed E-state index contributed by atoms with van der Waals surface area (Å²) in [6.07, 6.45) is 7.51. The predicted molar refractivity (Wildman–Crippen MR) is 128 cm³/mol. The number of amides is 1. The second kappa shape index (κ2) is 10.7. The number of nitrogens with one attached hydrogen (secondary N) is 2. The molecule has 1 amide bonds. The summed E-state index contributed by atoms with van der Waals surface area (Å²) in [4.78, 5) is 23.6. The Morgan fingerprint density at radius 1 is 1.15 bits per heavy atom. The van der Waals surface area contributed by atoms with Crippen LogP contribution in [0.25, 0.3) is 11.3 Å². The lowest BCUT2D eigenvalue weighted by Gasteiger charge is -2.11. The molecule has 8 nitrogen and oxygen atoms in total. The molecule has 0 saturated carbocycles. The summed E-state index contributed by atoms with van der Waals surface area (Å²) in [6.45, 7) is 2.83. The molecule has 4 rings (SSSR count). The van der Waals surface area contributed by atoms with E-state index in [2.05, 4.69) is 15.5 Å². The van der Waals surface area contributed by atoms with E-state index in [4.69, 9.17) is 5.10 Å². The Hall–Kier alpha value is -3.07. The molecule has 3 aromatic rings. The van der Waals surface area contributed by atoms with E-state index in [1.807, 2.05) is 23.0 Å². The highest BCUT2D eigenvalue weighted by Gasteiger charge is 2.27. The van der Waals surface area contributed by atoms with Crippen LogP contribution in [0.1, 0.15) is 59.9 Å². The highest BCUT2D eigenvalue weighted by molar-refractivity contribution is 8.13. The molecular formula is C24H29N5O3S. The predicted octanol–water partition coefficient (Wildman–Crippen LogP) is 3.70. The van der Waals surface area contributed by atoms with E-state index in [1.165, 1.54) is 11.8 Å². The normalized spacial score (nSPS) is 12.3. The zero-order chi connectivity index (χ0) is 23.2. The van der Waals surface area contributed by atoms with Gasteiger partial charge in [-0.3, -0.25) is 19.4 Å². The third kappa shape index (κ3) is 5.84. The Bertz CT molecular complexity index is 1120.